The molecule has 3 aromatic heterocycles. The van der Waals surface area contributed by atoms with E-state index in [-0.39, 0.29) is 0 Å². The van der Waals surface area contributed by atoms with E-state index >= 15 is 0 Å². The Bertz CT molecular complexity index is 3130. The van der Waals surface area contributed by atoms with Gasteiger partial charge in [-0.3, -0.25) is 0 Å². The van der Waals surface area contributed by atoms with Crippen LogP contribution in [0.4, 0.5) is 0 Å². The fraction of sp³-hybridized carbons (Fsp3) is 0. The summed E-state index contributed by atoms with van der Waals surface area (Å²) >= 11 is 0. The predicted molar refractivity (Wildman–Crippen MR) is 219 cm³/mol. The predicted octanol–water partition coefficient (Wildman–Crippen LogP) is 13.1. The third-order valence-electron chi connectivity index (χ3n) is 10.4. The van der Waals surface area contributed by atoms with E-state index in [0.717, 1.165) is 72.2 Å². The first kappa shape index (κ1) is 29.5. The highest BCUT2D eigenvalue weighted by atomic mass is 16.3. The van der Waals surface area contributed by atoms with Crippen LogP contribution in [0.5, 0.6) is 0 Å². The summed E-state index contributed by atoms with van der Waals surface area (Å²) in [5.41, 5.74) is 9.15. The number of fused-ring (bicyclic) bond motifs is 11. The van der Waals surface area contributed by atoms with Crippen LogP contribution < -0.4 is 0 Å². The van der Waals surface area contributed by atoms with Gasteiger partial charge < -0.3 is 4.42 Å². The van der Waals surface area contributed by atoms with Crippen LogP contribution in [0.25, 0.3) is 110 Å². The van der Waals surface area contributed by atoms with E-state index in [1.54, 1.807) is 0 Å². The second-order valence-corrected chi connectivity index (χ2v) is 13.5. The Morgan fingerprint density at radius 2 is 0.868 bits per heavy atom. The minimum absolute atomic E-state index is 0.681. The molecule has 0 bridgehead atoms. The number of aromatic nitrogens is 3. The SMILES string of the molecule is c1ccc(-c2cc(-c3ccc4nc(-c5ccc6c7ccccc7c7ccccc7c6c5)c5c6ccccc6oc5c4c3)nc(-c3ccccc3)n2)cc1. The number of pyridine rings is 1. The van der Waals surface area contributed by atoms with E-state index in [0.29, 0.717) is 5.82 Å². The summed E-state index contributed by atoms with van der Waals surface area (Å²) in [5.74, 6) is 0.681. The number of hydrogen-bond acceptors (Lipinski definition) is 4. The van der Waals surface area contributed by atoms with Gasteiger partial charge in [0.25, 0.3) is 0 Å². The average Bonchev–Trinajstić information content (AvgIpc) is 3.64. The average molecular weight is 676 g/mol. The van der Waals surface area contributed by atoms with Crippen molar-refractivity contribution in [3.8, 4) is 45.2 Å². The molecule has 0 atom stereocenters. The van der Waals surface area contributed by atoms with Crippen LogP contribution in [0.2, 0.25) is 0 Å². The van der Waals surface area contributed by atoms with Gasteiger partial charge in [0.2, 0.25) is 0 Å². The van der Waals surface area contributed by atoms with Gasteiger partial charge in [0.15, 0.2) is 5.82 Å². The van der Waals surface area contributed by atoms with E-state index in [4.69, 9.17) is 19.4 Å². The van der Waals surface area contributed by atoms with Gasteiger partial charge in [0.1, 0.15) is 11.2 Å². The third kappa shape index (κ3) is 4.73. The highest BCUT2D eigenvalue weighted by Gasteiger charge is 2.20. The molecular formula is C49H29N3O. The molecule has 8 aromatic carbocycles. The van der Waals surface area contributed by atoms with Gasteiger partial charge in [-0.2, -0.15) is 0 Å². The molecule has 0 unspecified atom stereocenters. The zero-order chi connectivity index (χ0) is 34.9. The molecule has 11 aromatic rings. The van der Waals surface area contributed by atoms with Gasteiger partial charge in [0.05, 0.1) is 28.0 Å². The molecule has 4 nitrogen and oxygen atoms in total. The molecule has 246 valence electrons. The van der Waals surface area contributed by atoms with Crippen molar-refractivity contribution in [3.05, 3.63) is 176 Å². The normalized spacial score (nSPS) is 11.8. The van der Waals surface area contributed by atoms with E-state index in [2.05, 4.69) is 127 Å². The Kier molecular flexibility index (Phi) is 6.52. The van der Waals surface area contributed by atoms with Crippen LogP contribution in [0.1, 0.15) is 0 Å². The summed E-state index contributed by atoms with van der Waals surface area (Å²) in [6.07, 6.45) is 0. The van der Waals surface area contributed by atoms with Gasteiger partial charge in [-0.25, -0.2) is 15.0 Å². The molecule has 0 N–H and O–H groups in total. The number of benzene rings is 8. The molecule has 3 heterocycles. The van der Waals surface area contributed by atoms with Crippen LogP contribution in [-0.4, -0.2) is 15.0 Å². The molecule has 0 saturated carbocycles. The van der Waals surface area contributed by atoms with Gasteiger partial charge in [-0.05, 0) is 62.6 Å². The zero-order valence-electron chi connectivity index (χ0n) is 28.5. The second kappa shape index (κ2) is 11.7. The highest BCUT2D eigenvalue weighted by molar-refractivity contribution is 6.26. The van der Waals surface area contributed by atoms with Crippen molar-refractivity contribution in [1.82, 2.24) is 15.0 Å². The fourth-order valence-electron chi connectivity index (χ4n) is 7.95. The largest absolute Gasteiger partial charge is 0.455 e. The third-order valence-corrected chi connectivity index (χ3v) is 10.4. The van der Waals surface area contributed by atoms with Gasteiger partial charge >= 0.3 is 0 Å². The topological polar surface area (TPSA) is 51.8 Å². The molecule has 0 fully saturated rings. The number of hydrogen-bond donors (Lipinski definition) is 0. The molecule has 0 spiro atoms. The van der Waals surface area contributed by atoms with Crippen molar-refractivity contribution in [2.45, 2.75) is 0 Å². The van der Waals surface area contributed by atoms with Crippen LogP contribution in [0.3, 0.4) is 0 Å². The molecule has 0 aliphatic rings. The van der Waals surface area contributed by atoms with Crippen LogP contribution >= 0.6 is 0 Å². The maximum atomic E-state index is 6.75. The van der Waals surface area contributed by atoms with Crippen molar-refractivity contribution < 1.29 is 4.42 Å². The Labute approximate surface area is 304 Å². The van der Waals surface area contributed by atoms with Crippen molar-refractivity contribution in [1.29, 1.82) is 0 Å². The van der Waals surface area contributed by atoms with Gasteiger partial charge in [-0.15, -0.1) is 0 Å². The maximum absolute atomic E-state index is 6.75. The van der Waals surface area contributed by atoms with E-state index < -0.39 is 0 Å². The molecular weight excluding hydrogens is 647 g/mol. The number of rotatable bonds is 4. The smallest absolute Gasteiger partial charge is 0.160 e. The Hall–Kier alpha value is -7.17. The fourth-order valence-corrected chi connectivity index (χ4v) is 7.95. The first-order valence-corrected chi connectivity index (χ1v) is 17.9. The first-order chi connectivity index (χ1) is 26.3. The molecule has 0 radical (unpaired) electrons. The molecule has 0 aliphatic carbocycles. The summed E-state index contributed by atoms with van der Waals surface area (Å²) in [7, 11) is 0. The molecule has 0 saturated heterocycles. The van der Waals surface area contributed by atoms with Crippen LogP contribution in [-0.2, 0) is 0 Å². The quantitative estimate of drug-likeness (QED) is 0.174. The molecule has 53 heavy (non-hydrogen) atoms. The number of nitrogens with zero attached hydrogens (tertiary/aromatic N) is 3. The standard InChI is InChI=1S/C49H29N3O/c1-3-13-30(14-4-1)43-29-44(52-49(51-43)31-15-5-2-6-16-31)32-24-26-42-41(27-32)48-46(39-21-11-12-22-45(39)53-48)47(50-42)33-23-25-38-36-19-8-7-17-34(36)35-18-9-10-20-37(35)40(38)28-33/h1-29H. The molecule has 4 heteroatoms. The first-order valence-electron chi connectivity index (χ1n) is 17.9. The number of furan rings is 1. The highest BCUT2D eigenvalue weighted by Crippen LogP contribution is 2.43. The van der Waals surface area contributed by atoms with Crippen molar-refractivity contribution in [3.63, 3.8) is 0 Å². The van der Waals surface area contributed by atoms with Crippen molar-refractivity contribution in [2.75, 3.05) is 0 Å². The lowest BCUT2D eigenvalue weighted by Crippen LogP contribution is -1.96. The lowest BCUT2D eigenvalue weighted by molar-refractivity contribution is 0.672. The summed E-state index contributed by atoms with van der Waals surface area (Å²) in [4.78, 5) is 15.5. The molecule has 0 aliphatic heterocycles. The lowest BCUT2D eigenvalue weighted by Gasteiger charge is -2.13. The summed E-state index contributed by atoms with van der Waals surface area (Å²) in [6, 6.07) is 61.3. The second-order valence-electron chi connectivity index (χ2n) is 13.5. The molecule has 11 rings (SSSR count). The van der Waals surface area contributed by atoms with Crippen LogP contribution in [0, 0.1) is 0 Å². The monoisotopic (exact) mass is 675 g/mol. The van der Waals surface area contributed by atoms with E-state index in [9.17, 15) is 0 Å². The minimum Gasteiger partial charge on any atom is -0.455 e. The summed E-state index contributed by atoms with van der Waals surface area (Å²) in [5, 5.41) is 10.4. The van der Waals surface area contributed by atoms with Gasteiger partial charge in [0, 0.05) is 33.0 Å². The van der Waals surface area contributed by atoms with Gasteiger partial charge in [-0.1, -0.05) is 146 Å². The van der Waals surface area contributed by atoms with Crippen molar-refractivity contribution in [2.24, 2.45) is 0 Å². The lowest BCUT2D eigenvalue weighted by atomic mass is 9.92. The number of para-hydroxylation sites is 1. The van der Waals surface area contributed by atoms with Crippen molar-refractivity contribution >= 4 is 65.2 Å². The van der Waals surface area contributed by atoms with E-state index in [1.807, 2.05) is 48.5 Å². The Morgan fingerprint density at radius 3 is 1.57 bits per heavy atom. The Morgan fingerprint density at radius 1 is 0.340 bits per heavy atom. The van der Waals surface area contributed by atoms with E-state index in [1.165, 1.54) is 32.3 Å². The maximum Gasteiger partial charge on any atom is 0.160 e. The zero-order valence-corrected chi connectivity index (χ0v) is 28.5. The minimum atomic E-state index is 0.681. The summed E-state index contributed by atoms with van der Waals surface area (Å²) in [6.45, 7) is 0. The Balaban J connectivity index is 1.16. The van der Waals surface area contributed by atoms with Crippen LogP contribution in [0.15, 0.2) is 180 Å². The summed E-state index contributed by atoms with van der Waals surface area (Å²) < 4.78 is 6.75. The molecule has 0 amide bonds.